The molecule has 0 atom stereocenters. The van der Waals surface area contributed by atoms with Crippen molar-refractivity contribution < 1.29 is 17.2 Å². The molecule has 2 rings (SSSR count). The van der Waals surface area contributed by atoms with Crippen LogP contribution in [0.15, 0.2) is 41.3 Å². The van der Waals surface area contributed by atoms with Crippen molar-refractivity contribution in [2.45, 2.75) is 4.90 Å². The number of hydrogen-bond donors (Lipinski definition) is 2. The number of nitrogens with two attached hydrogens (primary N) is 1. The van der Waals surface area contributed by atoms with Crippen molar-refractivity contribution in [3.63, 3.8) is 0 Å². The zero-order valence-electron chi connectivity index (χ0n) is 9.90. The lowest BCUT2D eigenvalue weighted by Gasteiger charge is -2.10. The molecule has 0 bridgehead atoms. The fraction of sp³-hybridized carbons (Fsp3) is 0. The second-order valence-corrected chi connectivity index (χ2v) is 6.01. The molecule has 4 nitrogen and oxygen atoms in total. The van der Waals surface area contributed by atoms with Gasteiger partial charge in [-0.1, -0.05) is 11.6 Å². The molecule has 20 heavy (non-hydrogen) atoms. The molecule has 0 aliphatic rings. The maximum absolute atomic E-state index is 13.5. The average Bonchev–Trinajstić information content (AvgIpc) is 2.36. The van der Waals surface area contributed by atoms with Crippen LogP contribution >= 0.6 is 11.6 Å². The highest BCUT2D eigenvalue weighted by atomic mass is 35.5. The predicted molar refractivity (Wildman–Crippen MR) is 73.0 cm³/mol. The molecular weight excluding hydrogens is 310 g/mol. The summed E-state index contributed by atoms with van der Waals surface area (Å²) in [6, 6.07) is 6.33. The first kappa shape index (κ1) is 14.5. The van der Waals surface area contributed by atoms with Crippen molar-refractivity contribution in [1.82, 2.24) is 0 Å². The van der Waals surface area contributed by atoms with Gasteiger partial charge in [-0.15, -0.1) is 0 Å². The van der Waals surface area contributed by atoms with Crippen molar-refractivity contribution in [2.24, 2.45) is 0 Å². The molecule has 0 unspecified atom stereocenters. The van der Waals surface area contributed by atoms with E-state index in [-0.39, 0.29) is 21.3 Å². The quantitative estimate of drug-likeness (QED) is 0.854. The largest absolute Gasteiger partial charge is 0.399 e. The number of halogens is 3. The first-order valence-electron chi connectivity index (χ1n) is 5.32. The Morgan fingerprint density at radius 3 is 2.35 bits per heavy atom. The molecule has 106 valence electrons. The molecule has 0 radical (unpaired) electrons. The van der Waals surface area contributed by atoms with Crippen LogP contribution in [0.4, 0.5) is 20.2 Å². The van der Waals surface area contributed by atoms with Gasteiger partial charge < -0.3 is 5.73 Å². The first-order chi connectivity index (χ1) is 9.29. The number of anilines is 2. The highest BCUT2D eigenvalue weighted by Crippen LogP contribution is 2.24. The molecule has 0 aliphatic carbocycles. The predicted octanol–water partition coefficient (Wildman–Crippen LogP) is 3.00. The molecule has 0 saturated heterocycles. The second-order valence-electron chi connectivity index (χ2n) is 3.92. The Kier molecular flexibility index (Phi) is 3.82. The minimum Gasteiger partial charge on any atom is -0.399 e. The van der Waals surface area contributed by atoms with E-state index >= 15 is 0 Å². The SMILES string of the molecule is Nc1ccc(F)c(NS(=O)(=O)c2ccc(F)c(Cl)c2)c1. The fourth-order valence-corrected chi connectivity index (χ4v) is 2.80. The summed E-state index contributed by atoms with van der Waals surface area (Å²) in [5.41, 5.74) is 5.35. The van der Waals surface area contributed by atoms with E-state index in [2.05, 4.69) is 0 Å². The highest BCUT2D eigenvalue weighted by Gasteiger charge is 2.18. The summed E-state index contributed by atoms with van der Waals surface area (Å²) in [6.45, 7) is 0. The monoisotopic (exact) mass is 318 g/mol. The minimum absolute atomic E-state index is 0.196. The van der Waals surface area contributed by atoms with Gasteiger partial charge in [0.05, 0.1) is 15.6 Å². The van der Waals surface area contributed by atoms with Crippen LogP contribution in [0.3, 0.4) is 0 Å². The van der Waals surface area contributed by atoms with Crippen molar-refractivity contribution in [3.8, 4) is 0 Å². The number of sulfonamides is 1. The summed E-state index contributed by atoms with van der Waals surface area (Å²) >= 11 is 5.52. The number of nitrogen functional groups attached to an aromatic ring is 1. The van der Waals surface area contributed by atoms with Crippen LogP contribution < -0.4 is 10.5 Å². The molecule has 0 aromatic heterocycles. The zero-order chi connectivity index (χ0) is 14.9. The Hall–Kier alpha value is -1.86. The van der Waals surface area contributed by atoms with Gasteiger partial charge in [0.2, 0.25) is 0 Å². The van der Waals surface area contributed by atoms with Crippen LogP contribution in [0.25, 0.3) is 0 Å². The molecule has 3 N–H and O–H groups in total. The van der Waals surface area contributed by atoms with Gasteiger partial charge in [-0.3, -0.25) is 4.72 Å². The van der Waals surface area contributed by atoms with E-state index in [0.717, 1.165) is 30.3 Å². The van der Waals surface area contributed by atoms with E-state index in [1.54, 1.807) is 0 Å². The van der Waals surface area contributed by atoms with E-state index in [4.69, 9.17) is 17.3 Å². The van der Waals surface area contributed by atoms with E-state index in [9.17, 15) is 17.2 Å². The molecule has 0 spiro atoms. The summed E-state index contributed by atoms with van der Waals surface area (Å²) in [4.78, 5) is -0.286. The summed E-state index contributed by atoms with van der Waals surface area (Å²) < 4.78 is 52.6. The summed E-state index contributed by atoms with van der Waals surface area (Å²) in [6.07, 6.45) is 0. The third-order valence-corrected chi connectivity index (χ3v) is 4.09. The third kappa shape index (κ3) is 3.00. The molecule has 0 fully saturated rings. The molecule has 8 heteroatoms. The Bertz CT molecular complexity index is 766. The summed E-state index contributed by atoms with van der Waals surface area (Å²) in [5, 5.41) is -0.346. The summed E-state index contributed by atoms with van der Waals surface area (Å²) in [5.74, 6) is -1.53. The molecule has 0 saturated carbocycles. The lowest BCUT2D eigenvalue weighted by molar-refractivity contribution is 0.597. The lowest BCUT2D eigenvalue weighted by Crippen LogP contribution is -2.14. The number of rotatable bonds is 3. The van der Waals surface area contributed by atoms with Gasteiger partial charge >= 0.3 is 0 Å². The number of hydrogen-bond acceptors (Lipinski definition) is 3. The smallest absolute Gasteiger partial charge is 0.262 e. The van der Waals surface area contributed by atoms with Gasteiger partial charge in [0.15, 0.2) is 0 Å². The lowest BCUT2D eigenvalue weighted by atomic mass is 10.3. The van der Waals surface area contributed by atoms with E-state index in [1.165, 1.54) is 6.07 Å². The average molecular weight is 319 g/mol. The molecule has 2 aromatic rings. The van der Waals surface area contributed by atoms with Gasteiger partial charge in [-0.05, 0) is 36.4 Å². The maximum Gasteiger partial charge on any atom is 0.262 e. The van der Waals surface area contributed by atoms with Crippen molar-refractivity contribution in [3.05, 3.63) is 53.1 Å². The highest BCUT2D eigenvalue weighted by molar-refractivity contribution is 7.92. The minimum atomic E-state index is -4.09. The van der Waals surface area contributed by atoms with Gasteiger partial charge in [-0.2, -0.15) is 0 Å². The topological polar surface area (TPSA) is 72.2 Å². The second kappa shape index (κ2) is 5.26. The Labute approximate surface area is 119 Å². The first-order valence-corrected chi connectivity index (χ1v) is 7.18. The van der Waals surface area contributed by atoms with Crippen molar-refractivity contribution >= 4 is 33.0 Å². The maximum atomic E-state index is 13.5. The molecule has 0 heterocycles. The Morgan fingerprint density at radius 1 is 1.05 bits per heavy atom. The van der Waals surface area contributed by atoms with Crippen molar-refractivity contribution in [1.29, 1.82) is 0 Å². The molecule has 0 amide bonds. The summed E-state index contributed by atoms with van der Waals surface area (Å²) in [7, 11) is -4.09. The van der Waals surface area contributed by atoms with Crippen LogP contribution in [0.1, 0.15) is 0 Å². The van der Waals surface area contributed by atoms with Gasteiger partial charge in [-0.25, -0.2) is 17.2 Å². The third-order valence-electron chi connectivity index (χ3n) is 2.44. The number of nitrogens with one attached hydrogen (secondary N) is 1. The van der Waals surface area contributed by atoms with Crippen LogP contribution in [-0.4, -0.2) is 8.42 Å². The normalized spacial score (nSPS) is 11.3. The number of benzene rings is 2. The zero-order valence-corrected chi connectivity index (χ0v) is 11.5. The molecule has 0 aliphatic heterocycles. The molecular formula is C12H9ClF2N2O2S. The van der Waals surface area contributed by atoms with Crippen LogP contribution in [0.2, 0.25) is 5.02 Å². The fourth-order valence-electron chi connectivity index (χ4n) is 1.47. The molecule has 2 aromatic carbocycles. The van der Waals surface area contributed by atoms with Crippen LogP contribution in [0, 0.1) is 11.6 Å². The van der Waals surface area contributed by atoms with Gasteiger partial charge in [0, 0.05) is 5.69 Å². The Morgan fingerprint density at radius 2 is 1.70 bits per heavy atom. The van der Waals surface area contributed by atoms with E-state index in [0.29, 0.717) is 0 Å². The van der Waals surface area contributed by atoms with Gasteiger partial charge in [0.1, 0.15) is 11.6 Å². The van der Waals surface area contributed by atoms with E-state index < -0.39 is 21.7 Å². The van der Waals surface area contributed by atoms with Crippen LogP contribution in [-0.2, 0) is 10.0 Å². The van der Waals surface area contributed by atoms with Crippen LogP contribution in [0.5, 0.6) is 0 Å². The van der Waals surface area contributed by atoms with E-state index in [1.807, 2.05) is 4.72 Å². The Balaban J connectivity index is 2.40. The van der Waals surface area contributed by atoms with Gasteiger partial charge in [0.25, 0.3) is 10.0 Å². The van der Waals surface area contributed by atoms with Crippen molar-refractivity contribution in [2.75, 3.05) is 10.5 Å². The standard InChI is InChI=1S/C12H9ClF2N2O2S/c13-9-6-8(2-4-10(9)14)20(18,19)17-12-5-7(16)1-3-11(12)15/h1-6,17H,16H2.